The van der Waals surface area contributed by atoms with Gasteiger partial charge in [0, 0.05) is 0 Å². The van der Waals surface area contributed by atoms with Gasteiger partial charge in [-0.3, -0.25) is 0 Å². The van der Waals surface area contributed by atoms with Crippen molar-refractivity contribution in [2.45, 2.75) is 0 Å². The lowest BCUT2D eigenvalue weighted by Crippen LogP contribution is -1.91. The topological polar surface area (TPSA) is 0 Å². The molecule has 0 aromatic heterocycles. The maximum absolute atomic E-state index is 9.43. The number of benzene rings is 8. The molecular weight excluding hydrogens is 504 g/mol. The van der Waals surface area contributed by atoms with E-state index < -0.39 is 143 Å². The predicted molar refractivity (Wildman–Crippen MR) is 181 cm³/mol. The van der Waals surface area contributed by atoms with Crippen molar-refractivity contribution in [3.8, 4) is 44.5 Å². The van der Waals surface area contributed by atoms with E-state index in [0.29, 0.717) is 21.5 Å². The Kier molecular flexibility index (Phi) is 2.77. The zero-order valence-corrected chi connectivity index (χ0v) is 21.6. The normalized spacial score (nSPS) is 18.0. The second-order valence-corrected chi connectivity index (χ2v) is 9.34. The van der Waals surface area contributed by atoms with Crippen molar-refractivity contribution in [3.63, 3.8) is 0 Å². The van der Waals surface area contributed by atoms with E-state index in [0.717, 1.165) is 0 Å². The summed E-state index contributed by atoms with van der Waals surface area (Å²) in [6.07, 6.45) is 0. The Morgan fingerprint density at radius 2 is 0.810 bits per heavy atom. The summed E-state index contributed by atoms with van der Waals surface area (Å²) in [5.74, 6) is 0. The first kappa shape index (κ1) is 11.4. The van der Waals surface area contributed by atoms with Gasteiger partial charge >= 0.3 is 0 Å². The molecule has 0 spiro atoms. The van der Waals surface area contributed by atoms with Gasteiger partial charge in [0.05, 0.1) is 27.4 Å². The van der Waals surface area contributed by atoms with Gasteiger partial charge in [-0.05, 0) is 82.9 Å². The van der Waals surface area contributed by atoms with Crippen LogP contribution in [0.25, 0.3) is 76.8 Å². The van der Waals surface area contributed by atoms with Crippen LogP contribution in [0.5, 0.6) is 0 Å². The van der Waals surface area contributed by atoms with Crippen LogP contribution in [0.1, 0.15) is 27.4 Å². The molecule has 0 fully saturated rings. The first-order valence-electron chi connectivity index (χ1n) is 22.9. The highest BCUT2D eigenvalue weighted by Crippen LogP contribution is 2.45. The number of hydrogen-bond donors (Lipinski definition) is 0. The highest BCUT2D eigenvalue weighted by molar-refractivity contribution is 6.23. The van der Waals surface area contributed by atoms with Gasteiger partial charge < -0.3 is 0 Å². The molecule has 0 radical (unpaired) electrons. The fourth-order valence-corrected chi connectivity index (χ4v) is 5.20. The van der Waals surface area contributed by atoms with E-state index in [9.17, 15) is 6.85 Å². The maximum atomic E-state index is 9.43. The SMILES string of the molecule is [2H]c1c([2H])c([2H])c(-c2c([2H])c([2H])c([2H])c(-c3c([2H])c([2H])c(-c4c5ccccc5c(-c5c([2H])c([2H])c([2H])c6c([2H])c([2H])c([2H])c([2H])c56)c5ccccc45)c([2H])c3[2H])c2[2H])c([2H])c1[2H]. The van der Waals surface area contributed by atoms with Crippen molar-refractivity contribution in [2.75, 3.05) is 0 Å². The molecule has 0 saturated carbocycles. The third-order valence-corrected chi connectivity index (χ3v) is 6.99. The lowest BCUT2D eigenvalue weighted by Gasteiger charge is -2.19. The zero-order chi connectivity index (χ0) is 45.3. The zero-order valence-electron chi connectivity index (χ0n) is 41.6. The van der Waals surface area contributed by atoms with Gasteiger partial charge in [0.2, 0.25) is 0 Å². The summed E-state index contributed by atoms with van der Waals surface area (Å²) in [4.78, 5) is 0. The van der Waals surface area contributed by atoms with Gasteiger partial charge in [0.15, 0.2) is 0 Å². The Morgan fingerprint density at radius 3 is 1.48 bits per heavy atom. The molecule has 8 rings (SSSR count). The Bertz CT molecular complexity index is 3230. The molecule has 0 aliphatic carbocycles. The minimum atomic E-state index is -0.855. The van der Waals surface area contributed by atoms with Gasteiger partial charge in [-0.2, -0.15) is 0 Å². The minimum absolute atomic E-state index is 0.0632. The van der Waals surface area contributed by atoms with Crippen molar-refractivity contribution in [1.29, 1.82) is 0 Å². The van der Waals surface area contributed by atoms with Gasteiger partial charge in [0.1, 0.15) is 0 Å². The summed E-state index contributed by atoms with van der Waals surface area (Å²) in [6.45, 7) is 0. The molecule has 0 aliphatic rings. The van der Waals surface area contributed by atoms with Crippen LogP contribution in [0.2, 0.25) is 0 Å². The largest absolute Gasteiger partial charge is 0.0636 e. The molecule has 0 heteroatoms. The van der Waals surface area contributed by atoms with Crippen molar-refractivity contribution in [2.24, 2.45) is 0 Å². The fraction of sp³-hybridized carbons (Fsp3) is 0. The highest BCUT2D eigenvalue weighted by atomic mass is 14.2. The Balaban J connectivity index is 1.50. The summed E-state index contributed by atoms with van der Waals surface area (Å²) in [5, 5.41) is 0.857. The van der Waals surface area contributed by atoms with Crippen molar-refractivity contribution >= 4 is 32.3 Å². The van der Waals surface area contributed by atoms with E-state index in [1.165, 1.54) is 0 Å². The molecule has 0 N–H and O–H groups in total. The number of rotatable bonds is 4. The van der Waals surface area contributed by atoms with Crippen LogP contribution in [0.15, 0.2) is 169 Å². The van der Waals surface area contributed by atoms with Gasteiger partial charge in [-0.25, -0.2) is 0 Å². The summed E-state index contributed by atoms with van der Waals surface area (Å²) in [7, 11) is 0. The van der Waals surface area contributed by atoms with E-state index in [1.807, 2.05) is 0 Å². The number of fused-ring (bicyclic) bond motifs is 3. The predicted octanol–water partition coefficient (Wildman–Crippen LogP) is 11.8. The minimum Gasteiger partial charge on any atom is -0.0622 e. The molecule has 0 nitrogen and oxygen atoms in total. The van der Waals surface area contributed by atoms with E-state index in [1.54, 1.807) is 48.5 Å². The molecule has 0 saturated heterocycles. The van der Waals surface area contributed by atoms with Crippen LogP contribution in [-0.2, 0) is 0 Å². The van der Waals surface area contributed by atoms with Crippen LogP contribution in [0, 0.1) is 0 Å². The van der Waals surface area contributed by atoms with E-state index in [2.05, 4.69) is 0 Å². The average molecular weight is 553 g/mol. The first-order valence-corrected chi connectivity index (χ1v) is 12.9. The molecule has 42 heavy (non-hydrogen) atoms. The molecule has 0 amide bonds. The Morgan fingerprint density at radius 1 is 0.333 bits per heavy atom. The highest BCUT2D eigenvalue weighted by Gasteiger charge is 2.17. The molecule has 0 aliphatic heterocycles. The van der Waals surface area contributed by atoms with Gasteiger partial charge in [0.25, 0.3) is 0 Å². The average Bonchev–Trinajstić information content (AvgIpc) is 3.26. The lowest BCUT2D eigenvalue weighted by molar-refractivity contribution is 1.58. The Hall–Kier alpha value is -5.46. The van der Waals surface area contributed by atoms with E-state index in [4.69, 9.17) is 20.6 Å². The summed E-state index contributed by atoms with van der Waals surface area (Å²) >= 11 is 0. The third kappa shape index (κ3) is 4.08. The summed E-state index contributed by atoms with van der Waals surface area (Å²) < 4.78 is 175. The summed E-state index contributed by atoms with van der Waals surface area (Å²) in [6, 6.07) is -0.909. The van der Waals surface area contributed by atoms with E-state index in [-0.39, 0.29) is 33.0 Å². The van der Waals surface area contributed by atoms with Crippen molar-refractivity contribution in [3.05, 3.63) is 169 Å². The summed E-state index contributed by atoms with van der Waals surface area (Å²) in [5.41, 5.74) is -2.37. The smallest absolute Gasteiger partial charge is 0.0622 e. The quantitative estimate of drug-likeness (QED) is 0.190. The van der Waals surface area contributed by atoms with Crippen molar-refractivity contribution in [1.82, 2.24) is 0 Å². The van der Waals surface area contributed by atoms with Gasteiger partial charge in [-0.1, -0.05) is 163 Å². The lowest BCUT2D eigenvalue weighted by atomic mass is 9.84. The molecular formula is C42H28. The molecule has 0 heterocycles. The Labute approximate surface area is 274 Å². The standard InChI is InChI=1S/C42H28/c1-2-12-29(13-3-1)33-16-10-17-34(28-33)30-24-26-32(27-25-30)41-37-19-6-8-21-39(37)42(40-22-9-7-20-38(40)41)36-23-11-15-31-14-4-5-18-35(31)36/h1-28H/i1D,2D,3D,4D,5D,10D,11D,12D,13D,14D,15D,16D,17D,18D,23D,24D,25D,26D,27D,28D. The van der Waals surface area contributed by atoms with Crippen LogP contribution >= 0.6 is 0 Å². The van der Waals surface area contributed by atoms with Crippen molar-refractivity contribution < 1.29 is 27.4 Å². The number of hydrogen-bond acceptors (Lipinski definition) is 0. The van der Waals surface area contributed by atoms with Gasteiger partial charge in [-0.15, -0.1) is 0 Å². The maximum Gasteiger partial charge on any atom is 0.0636 e. The first-order chi connectivity index (χ1) is 29.2. The van der Waals surface area contributed by atoms with E-state index >= 15 is 0 Å². The second-order valence-electron chi connectivity index (χ2n) is 9.34. The molecule has 196 valence electrons. The molecule has 0 atom stereocenters. The van der Waals surface area contributed by atoms with Crippen LogP contribution < -0.4 is 0 Å². The van der Waals surface area contributed by atoms with Crippen LogP contribution in [-0.4, -0.2) is 0 Å². The monoisotopic (exact) mass is 552 g/mol. The van der Waals surface area contributed by atoms with Crippen LogP contribution in [0.3, 0.4) is 0 Å². The fourth-order valence-electron chi connectivity index (χ4n) is 5.20. The molecule has 0 unspecified atom stereocenters. The third-order valence-electron chi connectivity index (χ3n) is 6.99. The van der Waals surface area contributed by atoms with Crippen LogP contribution in [0.4, 0.5) is 0 Å². The molecule has 8 aromatic carbocycles. The molecule has 8 aromatic rings. The molecule has 0 bridgehead atoms. The second kappa shape index (κ2) is 10.2.